The first kappa shape index (κ1) is 14.8. The van der Waals surface area contributed by atoms with Crippen LogP contribution in [0.1, 0.15) is 63.6 Å². The number of rotatable bonds is 3. The van der Waals surface area contributed by atoms with E-state index in [1.54, 1.807) is 6.07 Å². The summed E-state index contributed by atoms with van der Waals surface area (Å²) >= 11 is 0. The molecule has 1 N–H and O–H groups in total. The van der Waals surface area contributed by atoms with Gasteiger partial charge in [-0.05, 0) is 43.2 Å². The molecule has 7 heteroatoms. The smallest absolute Gasteiger partial charge is 0.299 e. The van der Waals surface area contributed by atoms with Crippen molar-refractivity contribution >= 4 is 11.5 Å². The fraction of sp³-hybridized carbons (Fsp3) is 0.688. The number of aromatic nitrogens is 4. The molecule has 23 heavy (non-hydrogen) atoms. The van der Waals surface area contributed by atoms with Crippen molar-refractivity contribution < 1.29 is 8.78 Å². The van der Waals surface area contributed by atoms with Crippen LogP contribution < -0.4 is 5.32 Å². The Balaban J connectivity index is 1.62. The molecule has 2 fully saturated rings. The molecule has 0 amide bonds. The summed E-state index contributed by atoms with van der Waals surface area (Å²) < 4.78 is 27.1. The molecule has 2 saturated carbocycles. The van der Waals surface area contributed by atoms with Crippen molar-refractivity contribution in [3.8, 4) is 0 Å². The highest BCUT2D eigenvalue weighted by atomic mass is 19.3. The van der Waals surface area contributed by atoms with Crippen LogP contribution in [-0.2, 0) is 0 Å². The fourth-order valence-electron chi connectivity index (χ4n) is 4.41. The standard InChI is InChI=1S/C16H21F2N5/c17-14(18)15-21-20-13-7-6-12(22-23(13)15)19-11-5-1-2-8-16(11)9-3-4-10-16/h6-7,11,14H,1-5,8-10H2,(H,19,22)/t11-/m1/s1. The molecule has 4 rings (SSSR count). The summed E-state index contributed by atoms with van der Waals surface area (Å²) in [5.74, 6) is 0.236. The number of fused-ring (bicyclic) bond motifs is 1. The minimum absolute atomic E-state index is 0.352. The first-order chi connectivity index (χ1) is 11.2. The van der Waals surface area contributed by atoms with Gasteiger partial charge in [0.2, 0.25) is 5.82 Å². The van der Waals surface area contributed by atoms with Crippen LogP contribution in [0.25, 0.3) is 5.65 Å². The van der Waals surface area contributed by atoms with Crippen molar-refractivity contribution in [3.05, 3.63) is 18.0 Å². The Morgan fingerprint density at radius 1 is 1.09 bits per heavy atom. The van der Waals surface area contributed by atoms with Gasteiger partial charge < -0.3 is 5.32 Å². The van der Waals surface area contributed by atoms with Gasteiger partial charge in [-0.2, -0.15) is 4.52 Å². The van der Waals surface area contributed by atoms with E-state index in [0.29, 0.717) is 22.9 Å². The third-order valence-corrected chi connectivity index (χ3v) is 5.56. The van der Waals surface area contributed by atoms with E-state index in [2.05, 4.69) is 20.6 Å². The normalized spacial score (nSPS) is 23.9. The maximum Gasteiger partial charge on any atom is 0.299 e. The van der Waals surface area contributed by atoms with Crippen molar-refractivity contribution in [2.45, 2.75) is 63.8 Å². The Kier molecular flexibility index (Phi) is 3.66. The number of hydrogen-bond acceptors (Lipinski definition) is 4. The predicted octanol–water partition coefficient (Wildman–Crippen LogP) is 3.98. The van der Waals surface area contributed by atoms with Gasteiger partial charge in [-0.25, -0.2) is 8.78 Å². The highest BCUT2D eigenvalue weighted by Crippen LogP contribution is 2.49. The molecule has 1 spiro atoms. The fourth-order valence-corrected chi connectivity index (χ4v) is 4.41. The van der Waals surface area contributed by atoms with E-state index in [9.17, 15) is 8.78 Å². The number of halogens is 2. The van der Waals surface area contributed by atoms with Crippen LogP contribution in [0, 0.1) is 5.41 Å². The summed E-state index contributed by atoms with van der Waals surface area (Å²) in [6, 6.07) is 3.89. The van der Waals surface area contributed by atoms with E-state index in [4.69, 9.17) is 0 Å². The summed E-state index contributed by atoms with van der Waals surface area (Å²) in [5.41, 5.74) is 0.721. The zero-order chi connectivity index (χ0) is 15.9. The largest absolute Gasteiger partial charge is 0.365 e. The molecule has 0 saturated heterocycles. The van der Waals surface area contributed by atoms with Crippen molar-refractivity contribution in [3.63, 3.8) is 0 Å². The van der Waals surface area contributed by atoms with Crippen LogP contribution in [0.15, 0.2) is 12.1 Å². The Morgan fingerprint density at radius 2 is 1.83 bits per heavy atom. The van der Waals surface area contributed by atoms with Gasteiger partial charge in [0.15, 0.2) is 5.65 Å². The Hall–Kier alpha value is -1.79. The number of nitrogens with zero attached hydrogens (tertiary/aromatic N) is 4. The van der Waals surface area contributed by atoms with Gasteiger partial charge in [-0.15, -0.1) is 15.3 Å². The minimum atomic E-state index is -2.68. The molecule has 0 aliphatic heterocycles. The third-order valence-electron chi connectivity index (χ3n) is 5.56. The van der Waals surface area contributed by atoms with Gasteiger partial charge in [0.1, 0.15) is 5.82 Å². The molecule has 124 valence electrons. The molecular formula is C16H21F2N5. The van der Waals surface area contributed by atoms with Crippen molar-refractivity contribution in [1.82, 2.24) is 19.8 Å². The molecule has 0 radical (unpaired) electrons. The van der Waals surface area contributed by atoms with Crippen molar-refractivity contribution in [2.24, 2.45) is 5.41 Å². The van der Waals surface area contributed by atoms with Crippen LogP contribution in [-0.4, -0.2) is 25.9 Å². The monoisotopic (exact) mass is 321 g/mol. The van der Waals surface area contributed by atoms with Crippen molar-refractivity contribution in [2.75, 3.05) is 5.32 Å². The topological polar surface area (TPSA) is 55.1 Å². The molecular weight excluding hydrogens is 300 g/mol. The van der Waals surface area contributed by atoms with Gasteiger partial charge in [-0.1, -0.05) is 25.7 Å². The quantitative estimate of drug-likeness (QED) is 0.929. The second kappa shape index (κ2) is 5.69. The van der Waals surface area contributed by atoms with E-state index in [0.717, 1.165) is 10.9 Å². The third kappa shape index (κ3) is 2.56. The lowest BCUT2D eigenvalue weighted by atomic mass is 9.69. The predicted molar refractivity (Wildman–Crippen MR) is 82.5 cm³/mol. The van der Waals surface area contributed by atoms with Crippen molar-refractivity contribution in [1.29, 1.82) is 0 Å². The molecule has 2 aliphatic rings. The van der Waals surface area contributed by atoms with Crippen LogP contribution in [0.2, 0.25) is 0 Å². The average molecular weight is 321 g/mol. The zero-order valence-corrected chi connectivity index (χ0v) is 13.0. The first-order valence-corrected chi connectivity index (χ1v) is 8.45. The molecule has 0 aromatic carbocycles. The van der Waals surface area contributed by atoms with E-state index < -0.39 is 12.2 Å². The number of nitrogens with one attached hydrogen (secondary N) is 1. The van der Waals surface area contributed by atoms with Crippen LogP contribution in [0.3, 0.4) is 0 Å². The Bertz CT molecular complexity index is 693. The molecule has 1 atom stereocenters. The number of alkyl halides is 2. The Morgan fingerprint density at radius 3 is 2.57 bits per heavy atom. The van der Waals surface area contributed by atoms with E-state index in [1.165, 1.54) is 44.9 Å². The van der Waals surface area contributed by atoms with Crippen LogP contribution >= 0.6 is 0 Å². The molecule has 2 aromatic rings. The lowest BCUT2D eigenvalue weighted by Crippen LogP contribution is -2.41. The maximum absolute atomic E-state index is 13.0. The minimum Gasteiger partial charge on any atom is -0.365 e. The molecule has 0 bridgehead atoms. The molecule has 0 unspecified atom stereocenters. The van der Waals surface area contributed by atoms with Gasteiger partial charge in [0.25, 0.3) is 6.43 Å². The molecule has 2 aliphatic carbocycles. The van der Waals surface area contributed by atoms with E-state index in [-0.39, 0.29) is 0 Å². The highest BCUT2D eigenvalue weighted by molar-refractivity contribution is 5.45. The first-order valence-electron chi connectivity index (χ1n) is 8.45. The second-order valence-corrected chi connectivity index (χ2v) is 6.86. The van der Waals surface area contributed by atoms with Gasteiger partial charge >= 0.3 is 0 Å². The molecule has 2 aromatic heterocycles. The van der Waals surface area contributed by atoms with Crippen LogP contribution in [0.5, 0.6) is 0 Å². The van der Waals surface area contributed by atoms with Crippen LogP contribution in [0.4, 0.5) is 14.6 Å². The molecule has 5 nitrogen and oxygen atoms in total. The maximum atomic E-state index is 13.0. The highest BCUT2D eigenvalue weighted by Gasteiger charge is 2.42. The molecule has 2 heterocycles. The van der Waals surface area contributed by atoms with E-state index in [1.807, 2.05) is 6.07 Å². The summed E-state index contributed by atoms with van der Waals surface area (Å²) in [4.78, 5) is 0. The summed E-state index contributed by atoms with van der Waals surface area (Å²) in [6.07, 6.45) is 7.36. The average Bonchev–Trinajstić information content (AvgIpc) is 3.17. The lowest BCUT2D eigenvalue weighted by molar-refractivity contribution is 0.137. The summed E-state index contributed by atoms with van der Waals surface area (Å²) in [7, 11) is 0. The van der Waals surface area contributed by atoms with Gasteiger partial charge in [-0.3, -0.25) is 0 Å². The van der Waals surface area contributed by atoms with Gasteiger partial charge in [0.05, 0.1) is 0 Å². The van der Waals surface area contributed by atoms with Gasteiger partial charge in [0, 0.05) is 6.04 Å². The SMILES string of the molecule is FC(F)c1nnc2ccc(N[C@@H]3CCCCC34CCCC4)nn12. The Labute approximate surface area is 133 Å². The van der Waals surface area contributed by atoms with E-state index >= 15 is 0 Å². The number of anilines is 1. The zero-order valence-electron chi connectivity index (χ0n) is 13.0. The summed E-state index contributed by atoms with van der Waals surface area (Å²) in [5, 5.41) is 15.1. The lowest BCUT2D eigenvalue weighted by Gasteiger charge is -2.42. The summed E-state index contributed by atoms with van der Waals surface area (Å²) in [6.45, 7) is 0. The number of hydrogen-bond donors (Lipinski definition) is 1. The second-order valence-electron chi connectivity index (χ2n) is 6.86.